The molecule has 4 heterocycles. The van der Waals surface area contributed by atoms with E-state index in [-0.39, 0.29) is 58.9 Å². The average Bonchev–Trinajstić information content (AvgIpc) is 4.45. The molecule has 0 saturated heterocycles. The molecule has 2 aliphatic heterocycles. The molecule has 2 aliphatic carbocycles. The van der Waals surface area contributed by atoms with Gasteiger partial charge in [-0.05, 0) is 148 Å². The van der Waals surface area contributed by atoms with E-state index in [2.05, 4.69) is 88.1 Å². The van der Waals surface area contributed by atoms with Crippen molar-refractivity contribution in [2.24, 2.45) is 39.4 Å². The second-order valence-electron chi connectivity index (χ2n) is 21.4. The summed E-state index contributed by atoms with van der Waals surface area (Å²) < 4.78 is 0. The lowest BCUT2D eigenvalue weighted by atomic mass is 9.76. The molecule has 0 unspecified atom stereocenters. The third-order valence-electron chi connectivity index (χ3n) is 16.0. The summed E-state index contributed by atoms with van der Waals surface area (Å²) in [6.45, 7) is 13.8. The summed E-state index contributed by atoms with van der Waals surface area (Å²) in [6.07, 6.45) is 8.88. The van der Waals surface area contributed by atoms with Crippen molar-refractivity contribution in [3.8, 4) is 0 Å². The normalized spacial score (nSPS) is 21.3. The maximum absolute atomic E-state index is 14.1. The average molecular weight is 1200 g/mol. The Hall–Kier alpha value is -6.74. The lowest BCUT2D eigenvalue weighted by Crippen LogP contribution is -2.51. The zero-order valence-electron chi connectivity index (χ0n) is 46.0. The highest BCUT2D eigenvalue weighted by atomic mass is 79.9. The molecule has 19 nitrogen and oxygen atoms in total. The first kappa shape index (κ1) is 60.9. The first-order valence-electron chi connectivity index (χ1n) is 27.2. The molecule has 424 valence electrons. The number of aromatic nitrogens is 8. The number of nitrogens with zero attached hydrogens (tertiary/aromatic N) is 10. The Morgan fingerprint density at radius 3 is 1.41 bits per heavy atom. The number of carbonyl (C=O) groups is 4. The summed E-state index contributed by atoms with van der Waals surface area (Å²) in [6, 6.07) is 28.7. The molecule has 10 rings (SSSR count). The second-order valence-corrected chi connectivity index (χ2v) is 22.2. The molecule has 2 spiro atoms. The number of hydrogen-bond donors (Lipinski definition) is 5. The number of aliphatic imine (C=N–C) groups is 2. The number of carboxylic acids is 1. The Kier molecular flexibility index (Phi) is 20.7. The Morgan fingerprint density at radius 2 is 1.07 bits per heavy atom. The molecular formula is C58H71BrCl2N14O5. The van der Waals surface area contributed by atoms with E-state index >= 15 is 0 Å². The number of carboxylic acid groups (broad SMARTS) is 1. The minimum Gasteiger partial charge on any atom is -0.478 e. The van der Waals surface area contributed by atoms with Gasteiger partial charge >= 0.3 is 5.97 Å². The minimum absolute atomic E-state index is 0. The molecule has 6 aromatic rings. The van der Waals surface area contributed by atoms with Gasteiger partial charge in [-0.25, -0.2) is 4.79 Å². The van der Waals surface area contributed by atoms with Crippen molar-refractivity contribution in [1.29, 1.82) is 0 Å². The summed E-state index contributed by atoms with van der Waals surface area (Å²) in [5.74, 6) is 2.10. The third kappa shape index (κ3) is 13.7. The van der Waals surface area contributed by atoms with Gasteiger partial charge in [0.25, 0.3) is 17.7 Å². The monoisotopic (exact) mass is 1190 g/mol. The summed E-state index contributed by atoms with van der Waals surface area (Å²) in [7, 11) is 0. The van der Waals surface area contributed by atoms with Crippen LogP contribution in [0.2, 0.25) is 10.0 Å². The zero-order valence-corrected chi connectivity index (χ0v) is 49.2. The summed E-state index contributed by atoms with van der Waals surface area (Å²) in [5, 5.41) is 39.5. The van der Waals surface area contributed by atoms with E-state index < -0.39 is 17.3 Å². The van der Waals surface area contributed by atoms with Gasteiger partial charge in [-0.2, -0.15) is 10.4 Å². The molecule has 3 amide bonds. The van der Waals surface area contributed by atoms with Gasteiger partial charge in [0.05, 0.1) is 30.7 Å². The smallest absolute Gasteiger partial charge is 0.335 e. The fourth-order valence-corrected chi connectivity index (χ4v) is 12.0. The van der Waals surface area contributed by atoms with Crippen LogP contribution in [0.5, 0.6) is 0 Å². The molecule has 4 aromatic carbocycles. The van der Waals surface area contributed by atoms with Crippen LogP contribution in [0.1, 0.15) is 172 Å². The number of tetrazole rings is 2. The van der Waals surface area contributed by atoms with Crippen molar-refractivity contribution in [1.82, 2.24) is 56.4 Å². The number of halogens is 3. The fraction of sp³-hybridized carbons (Fsp3) is 0.448. The van der Waals surface area contributed by atoms with Gasteiger partial charge in [0.2, 0.25) is 0 Å². The van der Waals surface area contributed by atoms with Crippen LogP contribution in [0.3, 0.4) is 0 Å². The van der Waals surface area contributed by atoms with Gasteiger partial charge in [-0.3, -0.25) is 24.4 Å². The van der Waals surface area contributed by atoms with E-state index in [1.165, 1.54) is 0 Å². The third-order valence-corrected chi connectivity index (χ3v) is 16.5. The van der Waals surface area contributed by atoms with E-state index in [1.807, 2.05) is 64.4 Å². The number of H-pyrrole nitrogens is 2. The van der Waals surface area contributed by atoms with E-state index in [4.69, 9.17) is 38.9 Å². The van der Waals surface area contributed by atoms with Gasteiger partial charge in [0.1, 0.15) is 22.7 Å². The first-order chi connectivity index (χ1) is 38.0. The minimum atomic E-state index is -0.957. The molecule has 0 radical (unpaired) electrons. The summed E-state index contributed by atoms with van der Waals surface area (Å²) >= 11 is 12.5. The van der Waals surface area contributed by atoms with E-state index in [9.17, 15) is 24.3 Å². The van der Waals surface area contributed by atoms with Crippen molar-refractivity contribution >= 4 is 75.3 Å². The second kappa shape index (κ2) is 27.1. The van der Waals surface area contributed by atoms with Gasteiger partial charge in [-0.1, -0.05) is 124 Å². The predicted molar refractivity (Wildman–Crippen MR) is 312 cm³/mol. The zero-order chi connectivity index (χ0) is 56.4. The number of aromatic amines is 2. The molecule has 6 N–H and O–H groups in total. The molecule has 2 fully saturated rings. The quantitative estimate of drug-likeness (QED) is 0.0643. The highest BCUT2D eigenvalue weighted by Crippen LogP contribution is 2.49. The lowest BCUT2D eigenvalue weighted by Gasteiger charge is -2.46. The Morgan fingerprint density at radius 1 is 0.662 bits per heavy atom. The molecule has 22 heteroatoms. The van der Waals surface area contributed by atoms with Crippen LogP contribution in [0, 0.1) is 23.7 Å². The molecule has 2 saturated carbocycles. The van der Waals surface area contributed by atoms with Gasteiger partial charge in [-0.15, -0.1) is 37.4 Å². The number of amides is 3. The van der Waals surface area contributed by atoms with E-state index in [1.54, 1.807) is 42.5 Å². The molecule has 0 bridgehead atoms. The number of hydrogen-bond acceptors (Lipinski definition) is 13. The molecule has 2 atom stereocenters. The molecular weight excluding hydrogens is 1120 g/mol. The van der Waals surface area contributed by atoms with Gasteiger partial charge < -0.3 is 26.0 Å². The van der Waals surface area contributed by atoms with Gasteiger partial charge in [0, 0.05) is 26.7 Å². The van der Waals surface area contributed by atoms with Crippen LogP contribution < -0.4 is 11.1 Å². The van der Waals surface area contributed by atoms with Crippen LogP contribution in [0.4, 0.5) is 0 Å². The van der Waals surface area contributed by atoms with Crippen molar-refractivity contribution in [2.45, 2.75) is 142 Å². The van der Waals surface area contributed by atoms with Crippen LogP contribution in [0.25, 0.3) is 0 Å². The maximum Gasteiger partial charge on any atom is 0.335 e. The molecule has 4 aliphatic rings. The predicted octanol–water partition coefficient (Wildman–Crippen LogP) is 10.7. The SMILES string of the molecule is Br.CC[C@H](c1ccc(C(=O)NCc2nn[nH]n2)cc1)N1C(=O)C(c2cccc(Cl)c2)=NC12CCC(C(C)C)CC2.CC[C@H](c1ccc(C(=O)O)cc1)N1C(=O)C(c2cccc(Cl)c2)=NC12CCC(C(C)C)CC2.NCc1nn[nH]n1. The number of carbonyl (C=O) groups excluding carboxylic acids is 3. The van der Waals surface area contributed by atoms with Crippen molar-refractivity contribution < 1.29 is 24.3 Å². The van der Waals surface area contributed by atoms with Crippen LogP contribution in [0.15, 0.2) is 107 Å². The Bertz CT molecular complexity index is 3100. The standard InChI is InChI=1S/C29H34ClN7O2.C27H31ClN2O3.C2H5N5.BrH/c1-4-24(20-8-10-21(11-9-20)27(38)31-17-25-33-35-36-34-25)37-28(39)26(22-6-5-7-23(30)16-22)32-29(37)14-12-19(13-15-29)18(2)3;1-4-23(19-8-10-20(11-9-19)26(32)33)30-25(31)24(21-6-5-7-22(28)16-21)29-27(30)14-12-18(13-15-27)17(2)3;3-1-2-4-6-7-5-2;/h5-11,16,18-19,24H,4,12-15,17H2,1-3H3,(H,31,38)(H,33,34,35,36);5-11,16-18,23H,4,12-15H2,1-3H3,(H,32,33);1,3H2,(H,4,5,6,7);1H/t19?,24-,29?;18?,23-,27?;;/m11../s1. The fourth-order valence-electron chi connectivity index (χ4n) is 11.6. The van der Waals surface area contributed by atoms with E-state index in [0.717, 1.165) is 80.0 Å². The summed E-state index contributed by atoms with van der Waals surface area (Å²) in [4.78, 5) is 66.3. The van der Waals surface area contributed by atoms with Crippen LogP contribution in [-0.2, 0) is 22.7 Å². The molecule has 2 aromatic heterocycles. The Balaban J connectivity index is 0.000000205. The van der Waals surface area contributed by atoms with Crippen LogP contribution >= 0.6 is 40.2 Å². The number of rotatable bonds is 15. The first-order valence-corrected chi connectivity index (χ1v) is 28.0. The highest BCUT2D eigenvalue weighted by molar-refractivity contribution is 8.93. The number of aromatic carboxylic acids is 1. The lowest BCUT2D eigenvalue weighted by molar-refractivity contribution is -0.134. The number of nitrogens with one attached hydrogen (secondary N) is 3. The summed E-state index contributed by atoms with van der Waals surface area (Å²) in [5.41, 5.74) is 9.08. The van der Waals surface area contributed by atoms with E-state index in [0.29, 0.717) is 75.3 Å². The largest absolute Gasteiger partial charge is 0.478 e. The topological polar surface area (TPSA) is 267 Å². The van der Waals surface area contributed by atoms with Gasteiger partial charge in [0.15, 0.2) is 11.6 Å². The van der Waals surface area contributed by atoms with Crippen molar-refractivity contribution in [3.05, 3.63) is 152 Å². The number of benzene rings is 4. The molecule has 80 heavy (non-hydrogen) atoms. The maximum atomic E-state index is 14.1. The Labute approximate surface area is 487 Å². The highest BCUT2D eigenvalue weighted by Gasteiger charge is 2.53. The number of nitrogens with two attached hydrogens (primary N) is 1. The van der Waals surface area contributed by atoms with Crippen molar-refractivity contribution in [2.75, 3.05) is 0 Å². The van der Waals surface area contributed by atoms with Crippen LogP contribution in [-0.4, -0.2) is 103 Å². The van der Waals surface area contributed by atoms with Crippen molar-refractivity contribution in [3.63, 3.8) is 0 Å².